The largest absolute Gasteiger partial charge is 0.378 e. The van der Waals surface area contributed by atoms with Crippen molar-refractivity contribution in [2.75, 3.05) is 60.4 Å². The normalized spacial score (nSPS) is 15.9. The molecule has 0 radical (unpaired) electrons. The van der Waals surface area contributed by atoms with Crippen molar-refractivity contribution in [1.82, 2.24) is 9.97 Å². The Bertz CT molecular complexity index is 1110. The molecule has 2 aliphatic heterocycles. The highest BCUT2D eigenvalue weighted by atomic mass is 16.5. The molecule has 8 heteroatoms. The Hall–Kier alpha value is -3.65. The van der Waals surface area contributed by atoms with Gasteiger partial charge in [0.25, 0.3) is 5.91 Å². The number of morpholine rings is 1. The second-order valence-electron chi connectivity index (χ2n) is 7.61. The lowest BCUT2D eigenvalue weighted by Gasteiger charge is -2.28. The zero-order valence-electron chi connectivity index (χ0n) is 17.6. The fourth-order valence-electron chi connectivity index (χ4n) is 3.97. The molecule has 1 saturated heterocycles. The first kappa shape index (κ1) is 19.3. The van der Waals surface area contributed by atoms with E-state index in [-0.39, 0.29) is 5.91 Å². The highest BCUT2D eigenvalue weighted by Crippen LogP contribution is 2.38. The average Bonchev–Trinajstić information content (AvgIpc) is 2.90. The van der Waals surface area contributed by atoms with E-state index in [1.807, 2.05) is 48.3 Å². The van der Waals surface area contributed by atoms with E-state index in [1.165, 1.54) is 5.69 Å². The molecule has 1 N–H and O–H groups in total. The van der Waals surface area contributed by atoms with E-state index in [2.05, 4.69) is 32.3 Å². The van der Waals surface area contributed by atoms with E-state index in [9.17, 15) is 4.79 Å². The molecule has 1 fully saturated rings. The molecular weight excluding hydrogens is 392 g/mol. The van der Waals surface area contributed by atoms with Gasteiger partial charge in [0, 0.05) is 38.6 Å². The fraction of sp³-hybridized carbons (Fsp3) is 0.261. The van der Waals surface area contributed by atoms with Gasteiger partial charge in [-0.05, 0) is 36.4 Å². The maximum absolute atomic E-state index is 13.0. The quantitative estimate of drug-likeness (QED) is 0.701. The van der Waals surface area contributed by atoms with Gasteiger partial charge in [0.15, 0.2) is 5.82 Å². The van der Waals surface area contributed by atoms with Crippen LogP contribution >= 0.6 is 0 Å². The van der Waals surface area contributed by atoms with E-state index in [0.29, 0.717) is 17.3 Å². The van der Waals surface area contributed by atoms with Crippen molar-refractivity contribution in [2.24, 2.45) is 0 Å². The van der Waals surface area contributed by atoms with Crippen LogP contribution in [-0.4, -0.2) is 56.3 Å². The Morgan fingerprint density at radius 2 is 1.68 bits per heavy atom. The molecule has 2 aromatic carbocycles. The Balaban J connectivity index is 1.41. The summed E-state index contributed by atoms with van der Waals surface area (Å²) < 4.78 is 5.42. The molecule has 5 rings (SSSR count). The maximum atomic E-state index is 13.0. The first-order valence-electron chi connectivity index (χ1n) is 10.3. The molecule has 0 aliphatic carbocycles. The van der Waals surface area contributed by atoms with Gasteiger partial charge >= 0.3 is 0 Å². The molecule has 8 nitrogen and oxygen atoms in total. The summed E-state index contributed by atoms with van der Waals surface area (Å²) in [5.74, 6) is 0.906. The molecule has 2 aliphatic rings. The number of nitrogens with zero attached hydrogens (tertiary/aromatic N) is 5. The summed E-state index contributed by atoms with van der Waals surface area (Å²) in [6, 6.07) is 15.7. The van der Waals surface area contributed by atoms with Crippen LogP contribution in [0, 0.1) is 0 Å². The Morgan fingerprint density at radius 3 is 2.45 bits per heavy atom. The zero-order valence-corrected chi connectivity index (χ0v) is 17.6. The van der Waals surface area contributed by atoms with Crippen LogP contribution in [0.4, 0.5) is 34.5 Å². The van der Waals surface area contributed by atoms with Gasteiger partial charge < -0.3 is 19.9 Å². The molecule has 0 atom stereocenters. The summed E-state index contributed by atoms with van der Waals surface area (Å²) in [4.78, 5) is 28.0. The highest BCUT2D eigenvalue weighted by Gasteiger charge is 2.28. The van der Waals surface area contributed by atoms with Crippen LogP contribution < -0.4 is 20.0 Å². The Labute approximate surface area is 181 Å². The summed E-state index contributed by atoms with van der Waals surface area (Å²) in [6.45, 7) is 3.31. The second-order valence-corrected chi connectivity index (χ2v) is 7.61. The number of aromatic nitrogens is 2. The van der Waals surface area contributed by atoms with E-state index in [4.69, 9.17) is 4.74 Å². The third-order valence-corrected chi connectivity index (χ3v) is 5.73. The Morgan fingerprint density at radius 1 is 0.935 bits per heavy atom. The molecule has 0 saturated carbocycles. The van der Waals surface area contributed by atoms with E-state index in [1.54, 1.807) is 18.1 Å². The standard InChI is InChI=1S/C23H24N6O2/c1-27-19-6-4-3-5-18(19)22(30)28(2)21-20(27)15-24-23(26-21)25-16-7-9-17(10-8-16)29-11-13-31-14-12-29/h3-10,15H,11-14H2,1-2H3,(H,24,25,26). The minimum atomic E-state index is -0.0966. The zero-order chi connectivity index (χ0) is 21.4. The summed E-state index contributed by atoms with van der Waals surface area (Å²) >= 11 is 0. The number of benzene rings is 2. The number of rotatable bonds is 3. The fourth-order valence-corrected chi connectivity index (χ4v) is 3.97. The first-order valence-corrected chi connectivity index (χ1v) is 10.3. The van der Waals surface area contributed by atoms with E-state index in [0.717, 1.165) is 43.4 Å². The minimum absolute atomic E-state index is 0.0966. The van der Waals surface area contributed by atoms with Gasteiger partial charge in [-0.3, -0.25) is 9.69 Å². The predicted octanol–water partition coefficient (Wildman–Crippen LogP) is 3.41. The highest BCUT2D eigenvalue weighted by molar-refractivity contribution is 6.12. The summed E-state index contributed by atoms with van der Waals surface area (Å²) in [7, 11) is 3.66. The molecule has 0 bridgehead atoms. The lowest BCUT2D eigenvalue weighted by molar-refractivity contribution is 0.0993. The van der Waals surface area contributed by atoms with Crippen LogP contribution in [0.2, 0.25) is 0 Å². The van der Waals surface area contributed by atoms with E-state index < -0.39 is 0 Å². The van der Waals surface area contributed by atoms with Gasteiger partial charge in [-0.2, -0.15) is 4.98 Å². The van der Waals surface area contributed by atoms with Crippen LogP contribution in [0.1, 0.15) is 10.4 Å². The molecule has 0 spiro atoms. The van der Waals surface area contributed by atoms with Crippen molar-refractivity contribution in [3.8, 4) is 0 Å². The number of anilines is 6. The monoisotopic (exact) mass is 416 g/mol. The molecule has 3 aromatic rings. The SMILES string of the molecule is CN1C(=O)c2ccccc2N(C)c2cnc(Nc3ccc(N4CCOCC4)cc3)nc21. The van der Waals surface area contributed by atoms with Crippen molar-refractivity contribution in [3.05, 3.63) is 60.3 Å². The predicted molar refractivity (Wildman–Crippen MR) is 122 cm³/mol. The van der Waals surface area contributed by atoms with Crippen LogP contribution in [0.5, 0.6) is 0 Å². The van der Waals surface area contributed by atoms with Crippen molar-refractivity contribution in [1.29, 1.82) is 0 Å². The number of hydrogen-bond donors (Lipinski definition) is 1. The van der Waals surface area contributed by atoms with Crippen LogP contribution in [0.25, 0.3) is 0 Å². The molecule has 1 aromatic heterocycles. The molecule has 31 heavy (non-hydrogen) atoms. The van der Waals surface area contributed by atoms with Crippen molar-refractivity contribution in [2.45, 2.75) is 0 Å². The molecule has 0 unspecified atom stereocenters. The topological polar surface area (TPSA) is 73.8 Å². The van der Waals surface area contributed by atoms with Gasteiger partial charge in [0.2, 0.25) is 5.95 Å². The lowest BCUT2D eigenvalue weighted by Crippen LogP contribution is -2.36. The first-order chi connectivity index (χ1) is 15.1. The van der Waals surface area contributed by atoms with Crippen LogP contribution in [0.3, 0.4) is 0 Å². The summed E-state index contributed by atoms with van der Waals surface area (Å²) in [6.07, 6.45) is 1.75. The smallest absolute Gasteiger partial charge is 0.261 e. The third-order valence-electron chi connectivity index (χ3n) is 5.73. The Kier molecular flexibility index (Phi) is 4.91. The molecule has 158 valence electrons. The third kappa shape index (κ3) is 3.55. The average molecular weight is 416 g/mol. The van der Waals surface area contributed by atoms with Crippen LogP contribution in [-0.2, 0) is 4.74 Å². The molecule has 3 heterocycles. The number of carbonyl (C=O) groups excluding carboxylic acids is 1. The van der Waals surface area contributed by atoms with Gasteiger partial charge in [-0.1, -0.05) is 12.1 Å². The number of nitrogens with one attached hydrogen (secondary N) is 1. The molecule has 1 amide bonds. The number of para-hydroxylation sites is 1. The van der Waals surface area contributed by atoms with Crippen molar-refractivity contribution >= 4 is 40.4 Å². The van der Waals surface area contributed by atoms with Gasteiger partial charge in [-0.25, -0.2) is 4.98 Å². The number of ether oxygens (including phenoxy) is 1. The van der Waals surface area contributed by atoms with Gasteiger partial charge in [0.1, 0.15) is 5.69 Å². The summed E-state index contributed by atoms with van der Waals surface area (Å²) in [5.41, 5.74) is 4.30. The lowest BCUT2D eigenvalue weighted by atomic mass is 10.1. The number of carbonyl (C=O) groups is 1. The number of fused-ring (bicyclic) bond motifs is 2. The van der Waals surface area contributed by atoms with Crippen molar-refractivity contribution in [3.63, 3.8) is 0 Å². The van der Waals surface area contributed by atoms with Crippen LogP contribution in [0.15, 0.2) is 54.7 Å². The maximum Gasteiger partial charge on any atom is 0.261 e. The number of hydrogen-bond acceptors (Lipinski definition) is 7. The molecular formula is C23H24N6O2. The second kappa shape index (κ2) is 7.88. The summed E-state index contributed by atoms with van der Waals surface area (Å²) in [5, 5.41) is 3.25. The van der Waals surface area contributed by atoms with Gasteiger partial charge in [-0.15, -0.1) is 0 Å². The number of amides is 1. The van der Waals surface area contributed by atoms with Crippen molar-refractivity contribution < 1.29 is 9.53 Å². The van der Waals surface area contributed by atoms with Gasteiger partial charge in [0.05, 0.1) is 30.7 Å². The minimum Gasteiger partial charge on any atom is -0.378 e. The van der Waals surface area contributed by atoms with E-state index >= 15 is 0 Å².